The Kier molecular flexibility index (Phi) is 3.33. The third-order valence-electron chi connectivity index (χ3n) is 2.66. The summed E-state index contributed by atoms with van der Waals surface area (Å²) in [5.41, 5.74) is -0.185. The van der Waals surface area contributed by atoms with Gasteiger partial charge >= 0.3 is 5.97 Å². The average Bonchev–Trinajstić information content (AvgIpc) is 2.37. The van der Waals surface area contributed by atoms with Crippen molar-refractivity contribution in [2.24, 2.45) is 0 Å². The molecule has 0 radical (unpaired) electrons. The quantitative estimate of drug-likeness (QED) is 0.871. The molecular weight excluding hydrogens is 248 g/mol. The van der Waals surface area contributed by atoms with Crippen molar-refractivity contribution in [3.8, 4) is 17.1 Å². The van der Waals surface area contributed by atoms with Crippen LogP contribution in [0.3, 0.4) is 0 Å². The number of hydrogen-bond donors (Lipinski definition) is 2. The van der Waals surface area contributed by atoms with E-state index in [2.05, 4.69) is 9.97 Å². The topological polar surface area (TPSA) is 92.3 Å². The number of benzene rings is 1. The van der Waals surface area contributed by atoms with Gasteiger partial charge in [-0.25, -0.2) is 9.78 Å². The van der Waals surface area contributed by atoms with Crippen molar-refractivity contribution < 1.29 is 14.6 Å². The van der Waals surface area contributed by atoms with Gasteiger partial charge in [-0.15, -0.1) is 0 Å². The van der Waals surface area contributed by atoms with Crippen molar-refractivity contribution in [1.82, 2.24) is 9.97 Å². The highest BCUT2D eigenvalue weighted by molar-refractivity contribution is 5.88. The molecule has 2 N–H and O–H groups in total. The maximum atomic E-state index is 11.7. The molecule has 0 saturated carbocycles. The van der Waals surface area contributed by atoms with Crippen molar-refractivity contribution in [1.29, 1.82) is 0 Å². The first-order valence-electron chi connectivity index (χ1n) is 5.51. The predicted molar refractivity (Wildman–Crippen MR) is 68.5 cm³/mol. The SMILES string of the molecule is COc1cccc(-c2nc(C)c(C(=O)O)c(=O)[nH]2)c1. The number of H-pyrrole nitrogens is 1. The van der Waals surface area contributed by atoms with E-state index in [1.165, 1.54) is 14.0 Å². The number of nitrogens with zero attached hydrogens (tertiary/aromatic N) is 1. The lowest BCUT2D eigenvalue weighted by molar-refractivity contribution is 0.0693. The number of carboxylic acids is 1. The van der Waals surface area contributed by atoms with Crippen molar-refractivity contribution in [3.63, 3.8) is 0 Å². The van der Waals surface area contributed by atoms with Crippen LogP contribution in [-0.2, 0) is 0 Å². The van der Waals surface area contributed by atoms with Gasteiger partial charge in [0.05, 0.1) is 12.8 Å². The zero-order valence-corrected chi connectivity index (χ0v) is 10.4. The molecule has 0 aliphatic carbocycles. The molecular formula is C13H12N2O4. The predicted octanol–water partition coefficient (Wildman–Crippen LogP) is 1.45. The van der Waals surface area contributed by atoms with E-state index < -0.39 is 11.5 Å². The molecule has 98 valence electrons. The zero-order valence-electron chi connectivity index (χ0n) is 10.4. The van der Waals surface area contributed by atoms with E-state index >= 15 is 0 Å². The molecule has 6 nitrogen and oxygen atoms in total. The van der Waals surface area contributed by atoms with E-state index in [0.717, 1.165) is 0 Å². The third kappa shape index (κ3) is 2.47. The van der Waals surface area contributed by atoms with Gasteiger partial charge in [0.25, 0.3) is 5.56 Å². The number of aromatic amines is 1. The molecule has 19 heavy (non-hydrogen) atoms. The number of hydrogen-bond acceptors (Lipinski definition) is 4. The van der Waals surface area contributed by atoms with Crippen molar-refractivity contribution in [2.75, 3.05) is 7.11 Å². The molecule has 2 aromatic rings. The Labute approximate surface area is 108 Å². The normalized spacial score (nSPS) is 10.2. The average molecular weight is 260 g/mol. The molecule has 1 heterocycles. The molecule has 1 aromatic carbocycles. The highest BCUT2D eigenvalue weighted by atomic mass is 16.5. The summed E-state index contributed by atoms with van der Waals surface area (Å²) in [5.74, 6) is -0.352. The summed E-state index contributed by atoms with van der Waals surface area (Å²) in [4.78, 5) is 29.2. The van der Waals surface area contributed by atoms with Crippen molar-refractivity contribution in [2.45, 2.75) is 6.92 Å². The van der Waals surface area contributed by atoms with E-state index in [1.807, 2.05) is 0 Å². The van der Waals surface area contributed by atoms with Crippen LogP contribution in [0.5, 0.6) is 5.75 Å². The van der Waals surface area contributed by atoms with Gasteiger partial charge in [0, 0.05) is 5.56 Å². The monoisotopic (exact) mass is 260 g/mol. The van der Waals surface area contributed by atoms with Crippen LogP contribution >= 0.6 is 0 Å². The fraction of sp³-hybridized carbons (Fsp3) is 0.154. The number of rotatable bonds is 3. The summed E-state index contributed by atoms with van der Waals surface area (Å²) in [6.07, 6.45) is 0. The molecule has 0 amide bonds. The van der Waals surface area contributed by atoms with E-state index in [9.17, 15) is 9.59 Å². The zero-order chi connectivity index (χ0) is 14.0. The lowest BCUT2D eigenvalue weighted by Gasteiger charge is -2.06. The third-order valence-corrected chi connectivity index (χ3v) is 2.66. The summed E-state index contributed by atoms with van der Waals surface area (Å²) >= 11 is 0. The molecule has 0 atom stereocenters. The highest BCUT2D eigenvalue weighted by Gasteiger charge is 2.15. The van der Waals surface area contributed by atoms with Gasteiger partial charge in [-0.3, -0.25) is 4.79 Å². The second-order valence-electron chi connectivity index (χ2n) is 3.91. The van der Waals surface area contributed by atoms with Crippen molar-refractivity contribution >= 4 is 5.97 Å². The van der Waals surface area contributed by atoms with Crippen LogP contribution in [0.2, 0.25) is 0 Å². The molecule has 0 unspecified atom stereocenters. The molecule has 0 saturated heterocycles. The fourth-order valence-corrected chi connectivity index (χ4v) is 1.74. The van der Waals surface area contributed by atoms with E-state index in [4.69, 9.17) is 9.84 Å². The van der Waals surface area contributed by atoms with Gasteiger partial charge in [-0.2, -0.15) is 0 Å². The first-order valence-corrected chi connectivity index (χ1v) is 5.51. The molecule has 0 fully saturated rings. The van der Waals surface area contributed by atoms with Gasteiger partial charge in [0.2, 0.25) is 0 Å². The van der Waals surface area contributed by atoms with Gasteiger partial charge in [0.15, 0.2) is 0 Å². The van der Waals surface area contributed by atoms with Crippen LogP contribution in [0.4, 0.5) is 0 Å². The number of aromatic carboxylic acids is 1. The molecule has 0 spiro atoms. The van der Waals surface area contributed by atoms with Crippen molar-refractivity contribution in [3.05, 3.63) is 45.9 Å². The summed E-state index contributed by atoms with van der Waals surface area (Å²) < 4.78 is 5.08. The maximum absolute atomic E-state index is 11.7. The lowest BCUT2D eigenvalue weighted by atomic mass is 10.1. The van der Waals surface area contributed by atoms with Crippen LogP contribution in [0.15, 0.2) is 29.1 Å². The largest absolute Gasteiger partial charge is 0.497 e. The Balaban J connectivity index is 2.58. The minimum absolute atomic E-state index is 0.175. The van der Waals surface area contributed by atoms with Crippen LogP contribution in [0.1, 0.15) is 16.1 Å². The molecule has 6 heteroatoms. The second-order valence-corrected chi connectivity index (χ2v) is 3.91. The Morgan fingerprint density at radius 2 is 2.16 bits per heavy atom. The Morgan fingerprint density at radius 3 is 2.74 bits per heavy atom. The number of carboxylic acid groups (broad SMARTS) is 1. The number of aromatic nitrogens is 2. The maximum Gasteiger partial charge on any atom is 0.343 e. The van der Waals surface area contributed by atoms with Gasteiger partial charge in [-0.1, -0.05) is 12.1 Å². The Hall–Kier alpha value is -2.63. The van der Waals surface area contributed by atoms with Crippen LogP contribution in [0.25, 0.3) is 11.4 Å². The first-order chi connectivity index (χ1) is 9.02. The highest BCUT2D eigenvalue weighted by Crippen LogP contribution is 2.20. The van der Waals surface area contributed by atoms with E-state index in [-0.39, 0.29) is 11.3 Å². The van der Waals surface area contributed by atoms with Crippen LogP contribution < -0.4 is 10.3 Å². The van der Waals surface area contributed by atoms with E-state index in [1.54, 1.807) is 24.3 Å². The standard InChI is InChI=1S/C13H12N2O4/c1-7-10(13(17)18)12(16)15-11(14-7)8-4-3-5-9(6-8)19-2/h3-6H,1-2H3,(H,17,18)(H,14,15,16). The number of ether oxygens (including phenoxy) is 1. The van der Waals surface area contributed by atoms with Gasteiger partial charge < -0.3 is 14.8 Å². The Morgan fingerprint density at radius 1 is 1.42 bits per heavy atom. The minimum Gasteiger partial charge on any atom is -0.497 e. The summed E-state index contributed by atoms with van der Waals surface area (Å²) in [6.45, 7) is 1.49. The molecule has 0 bridgehead atoms. The molecule has 2 rings (SSSR count). The number of methoxy groups -OCH3 is 1. The summed E-state index contributed by atoms with van der Waals surface area (Å²) in [5, 5.41) is 8.91. The van der Waals surface area contributed by atoms with Crippen LogP contribution in [0, 0.1) is 6.92 Å². The Bertz CT molecular complexity index is 691. The van der Waals surface area contributed by atoms with Crippen LogP contribution in [-0.4, -0.2) is 28.2 Å². The lowest BCUT2D eigenvalue weighted by Crippen LogP contribution is -2.21. The summed E-state index contributed by atoms with van der Waals surface area (Å²) in [7, 11) is 1.54. The second kappa shape index (κ2) is 4.93. The smallest absolute Gasteiger partial charge is 0.343 e. The fourth-order valence-electron chi connectivity index (χ4n) is 1.74. The molecule has 1 aromatic heterocycles. The molecule has 0 aliphatic rings. The van der Waals surface area contributed by atoms with Gasteiger partial charge in [-0.05, 0) is 19.1 Å². The summed E-state index contributed by atoms with van der Waals surface area (Å²) in [6, 6.07) is 6.98. The van der Waals surface area contributed by atoms with E-state index in [0.29, 0.717) is 17.1 Å². The number of carbonyl (C=O) groups is 1. The minimum atomic E-state index is -1.29. The first kappa shape index (κ1) is 12.8. The molecule has 0 aliphatic heterocycles. The number of nitrogens with one attached hydrogen (secondary N) is 1. The number of aryl methyl sites for hydroxylation is 1. The van der Waals surface area contributed by atoms with Gasteiger partial charge in [0.1, 0.15) is 17.1 Å².